The summed E-state index contributed by atoms with van der Waals surface area (Å²) in [5, 5.41) is 0. The van der Waals surface area contributed by atoms with Gasteiger partial charge >= 0.3 is 0 Å². The first kappa shape index (κ1) is 11.6. The van der Waals surface area contributed by atoms with Crippen molar-refractivity contribution in [3.05, 3.63) is 29.3 Å². The van der Waals surface area contributed by atoms with Crippen molar-refractivity contribution in [2.75, 3.05) is 13.7 Å². The van der Waals surface area contributed by atoms with Crippen molar-refractivity contribution in [3.8, 4) is 5.75 Å². The largest absolute Gasteiger partial charge is 0.497 e. The molecule has 1 heterocycles. The van der Waals surface area contributed by atoms with E-state index in [0.29, 0.717) is 0 Å². The highest BCUT2D eigenvalue weighted by Crippen LogP contribution is 2.53. The molecule has 3 heteroatoms. The summed E-state index contributed by atoms with van der Waals surface area (Å²) in [5.74, 6) is 1.10. The summed E-state index contributed by atoms with van der Waals surface area (Å²) in [7, 11) is 1.70. The molecule has 1 amide bonds. The summed E-state index contributed by atoms with van der Waals surface area (Å²) in [5.41, 5.74) is 2.89. The van der Waals surface area contributed by atoms with Gasteiger partial charge in [-0.05, 0) is 41.5 Å². The van der Waals surface area contributed by atoms with Crippen LogP contribution in [0.15, 0.2) is 18.2 Å². The third kappa shape index (κ3) is 1.46. The molecule has 1 aliphatic carbocycles. The number of rotatable bonds is 1. The number of fused-ring (bicyclic) bond motifs is 5. The van der Waals surface area contributed by atoms with Gasteiger partial charge in [-0.1, -0.05) is 13.0 Å². The van der Waals surface area contributed by atoms with Gasteiger partial charge in [0, 0.05) is 13.5 Å². The van der Waals surface area contributed by atoms with Gasteiger partial charge < -0.3 is 9.64 Å². The molecule has 18 heavy (non-hydrogen) atoms. The van der Waals surface area contributed by atoms with E-state index in [-0.39, 0.29) is 17.4 Å². The van der Waals surface area contributed by atoms with Gasteiger partial charge in [-0.3, -0.25) is 4.79 Å². The average Bonchev–Trinajstić information content (AvgIpc) is 2.58. The average molecular weight is 245 g/mol. The van der Waals surface area contributed by atoms with Crippen LogP contribution in [0.3, 0.4) is 0 Å². The zero-order valence-corrected chi connectivity index (χ0v) is 11.2. The minimum atomic E-state index is 0.186. The Morgan fingerprint density at radius 2 is 2.28 bits per heavy atom. The Hall–Kier alpha value is -1.51. The first-order valence-electron chi connectivity index (χ1n) is 6.51. The Labute approximate surface area is 108 Å². The summed E-state index contributed by atoms with van der Waals surface area (Å²) in [4.78, 5) is 13.7. The van der Waals surface area contributed by atoms with Crippen molar-refractivity contribution in [2.24, 2.45) is 0 Å². The number of nitrogens with zero attached hydrogens (tertiary/aromatic N) is 1. The number of hydrogen-bond acceptors (Lipinski definition) is 2. The zero-order valence-electron chi connectivity index (χ0n) is 11.2. The molecule has 1 aromatic carbocycles. The SMILES string of the molecule is COc1ccc2c(c1)[C@]1(C)CCN(C(C)=O)[C@H]2C1. The van der Waals surface area contributed by atoms with Crippen molar-refractivity contribution < 1.29 is 9.53 Å². The fraction of sp³-hybridized carbons (Fsp3) is 0.533. The van der Waals surface area contributed by atoms with E-state index in [1.54, 1.807) is 14.0 Å². The van der Waals surface area contributed by atoms with Gasteiger partial charge in [0.25, 0.3) is 0 Å². The van der Waals surface area contributed by atoms with Crippen LogP contribution in [0.4, 0.5) is 0 Å². The summed E-state index contributed by atoms with van der Waals surface area (Å²) in [6.07, 6.45) is 2.10. The Morgan fingerprint density at radius 1 is 1.50 bits per heavy atom. The van der Waals surface area contributed by atoms with Crippen LogP contribution in [-0.4, -0.2) is 24.5 Å². The van der Waals surface area contributed by atoms with Crippen molar-refractivity contribution in [1.29, 1.82) is 0 Å². The fourth-order valence-electron chi connectivity index (χ4n) is 3.54. The number of carbonyl (C=O) groups excluding carboxylic acids is 1. The summed E-state index contributed by atoms with van der Waals surface area (Å²) >= 11 is 0. The lowest BCUT2D eigenvalue weighted by atomic mass is 9.79. The second-order valence-corrected chi connectivity index (χ2v) is 5.70. The van der Waals surface area contributed by atoms with E-state index in [4.69, 9.17) is 4.74 Å². The van der Waals surface area contributed by atoms with E-state index in [9.17, 15) is 4.79 Å². The van der Waals surface area contributed by atoms with E-state index in [0.717, 1.165) is 25.1 Å². The molecule has 0 spiro atoms. The molecule has 0 N–H and O–H groups in total. The monoisotopic (exact) mass is 245 g/mol. The highest BCUT2D eigenvalue weighted by atomic mass is 16.5. The number of likely N-dealkylation sites (tertiary alicyclic amines) is 1. The van der Waals surface area contributed by atoms with Gasteiger partial charge in [-0.25, -0.2) is 0 Å². The van der Waals surface area contributed by atoms with E-state index < -0.39 is 0 Å². The van der Waals surface area contributed by atoms with Crippen LogP contribution < -0.4 is 4.74 Å². The van der Waals surface area contributed by atoms with Crippen molar-refractivity contribution in [3.63, 3.8) is 0 Å². The lowest BCUT2D eigenvalue weighted by Crippen LogP contribution is -2.40. The smallest absolute Gasteiger partial charge is 0.219 e. The maximum atomic E-state index is 11.7. The summed E-state index contributed by atoms with van der Waals surface area (Å²) in [6.45, 7) is 4.85. The van der Waals surface area contributed by atoms with Crippen LogP contribution in [0.5, 0.6) is 5.75 Å². The minimum absolute atomic E-state index is 0.186. The lowest BCUT2D eigenvalue weighted by molar-refractivity contribution is -0.133. The number of amides is 1. The highest BCUT2D eigenvalue weighted by molar-refractivity contribution is 5.74. The number of piperidine rings is 1. The Kier molecular flexibility index (Phi) is 2.40. The Morgan fingerprint density at radius 3 is 2.94 bits per heavy atom. The highest BCUT2D eigenvalue weighted by Gasteiger charge is 2.47. The van der Waals surface area contributed by atoms with Crippen LogP contribution in [-0.2, 0) is 10.2 Å². The van der Waals surface area contributed by atoms with E-state index in [2.05, 4.69) is 19.1 Å². The molecule has 2 atom stereocenters. The number of carbonyl (C=O) groups is 1. The first-order valence-corrected chi connectivity index (χ1v) is 6.51. The molecule has 1 fully saturated rings. The normalized spacial score (nSPS) is 29.1. The third-order valence-electron chi connectivity index (χ3n) is 4.60. The van der Waals surface area contributed by atoms with Gasteiger partial charge in [0.05, 0.1) is 13.2 Å². The molecule has 96 valence electrons. The number of benzene rings is 1. The van der Waals surface area contributed by atoms with Gasteiger partial charge in [0.15, 0.2) is 0 Å². The molecule has 1 aliphatic heterocycles. The second kappa shape index (κ2) is 3.74. The topological polar surface area (TPSA) is 29.5 Å². The zero-order chi connectivity index (χ0) is 12.9. The van der Waals surface area contributed by atoms with Crippen LogP contribution in [0.1, 0.15) is 43.9 Å². The summed E-state index contributed by atoms with van der Waals surface area (Å²) < 4.78 is 5.33. The molecule has 2 bridgehead atoms. The molecule has 1 aromatic rings. The number of ether oxygens (including phenoxy) is 1. The second-order valence-electron chi connectivity index (χ2n) is 5.70. The van der Waals surface area contributed by atoms with Crippen molar-refractivity contribution in [2.45, 2.75) is 38.1 Å². The standard InChI is InChI=1S/C15H19NO2/c1-10(17)16-7-6-15(2)9-14(16)12-5-4-11(18-3)8-13(12)15/h4-5,8,14H,6-7,9H2,1-3H3/t14-,15+/m0/s1. The first-order chi connectivity index (χ1) is 8.55. The van der Waals surface area contributed by atoms with E-state index in [1.165, 1.54) is 11.1 Å². The maximum absolute atomic E-state index is 11.7. The molecule has 1 saturated heterocycles. The van der Waals surface area contributed by atoms with Gasteiger partial charge in [-0.15, -0.1) is 0 Å². The Balaban J connectivity index is 2.10. The molecule has 0 aromatic heterocycles. The molecule has 0 radical (unpaired) electrons. The molecule has 0 saturated carbocycles. The fourth-order valence-corrected chi connectivity index (χ4v) is 3.54. The van der Waals surface area contributed by atoms with E-state index >= 15 is 0 Å². The minimum Gasteiger partial charge on any atom is -0.497 e. The van der Waals surface area contributed by atoms with Crippen molar-refractivity contribution >= 4 is 5.91 Å². The number of methoxy groups -OCH3 is 1. The molecular formula is C15H19NO2. The van der Waals surface area contributed by atoms with E-state index in [1.807, 2.05) is 11.0 Å². The van der Waals surface area contributed by atoms with Crippen LogP contribution >= 0.6 is 0 Å². The molecule has 3 nitrogen and oxygen atoms in total. The molecule has 2 aliphatic rings. The molecule has 0 unspecified atom stereocenters. The van der Waals surface area contributed by atoms with Crippen LogP contribution in [0, 0.1) is 0 Å². The molecule has 3 rings (SSSR count). The quantitative estimate of drug-likeness (QED) is 0.761. The van der Waals surface area contributed by atoms with Gasteiger partial charge in [0.1, 0.15) is 5.75 Å². The van der Waals surface area contributed by atoms with Crippen LogP contribution in [0.25, 0.3) is 0 Å². The predicted molar refractivity (Wildman–Crippen MR) is 69.7 cm³/mol. The van der Waals surface area contributed by atoms with Crippen molar-refractivity contribution in [1.82, 2.24) is 4.90 Å². The lowest BCUT2D eigenvalue weighted by Gasteiger charge is -2.37. The maximum Gasteiger partial charge on any atom is 0.219 e. The molecular weight excluding hydrogens is 226 g/mol. The predicted octanol–water partition coefficient (Wildman–Crippen LogP) is 2.65. The van der Waals surface area contributed by atoms with Gasteiger partial charge in [-0.2, -0.15) is 0 Å². The van der Waals surface area contributed by atoms with Gasteiger partial charge in [0.2, 0.25) is 5.91 Å². The number of hydrogen-bond donors (Lipinski definition) is 0. The third-order valence-corrected chi connectivity index (χ3v) is 4.60. The summed E-state index contributed by atoms with van der Waals surface area (Å²) in [6, 6.07) is 6.55. The van der Waals surface area contributed by atoms with Crippen LogP contribution in [0.2, 0.25) is 0 Å². The Bertz CT molecular complexity index is 511.